The number of halogens is 4. The summed E-state index contributed by atoms with van der Waals surface area (Å²) in [6.45, 7) is 1.45. The molecule has 5 heteroatoms. The molecule has 1 unspecified atom stereocenters. The lowest BCUT2D eigenvalue weighted by Gasteiger charge is -2.15. The van der Waals surface area contributed by atoms with Crippen molar-refractivity contribution in [3.05, 3.63) is 35.1 Å². The summed E-state index contributed by atoms with van der Waals surface area (Å²) in [6, 6.07) is 2.48. The molecule has 0 aliphatic heterocycles. The van der Waals surface area contributed by atoms with E-state index in [2.05, 4.69) is 0 Å². The zero-order valence-corrected chi connectivity index (χ0v) is 7.90. The molecule has 0 amide bonds. The Kier molecular flexibility index (Phi) is 3.12. The van der Waals surface area contributed by atoms with Gasteiger partial charge in [-0.3, -0.25) is 0 Å². The van der Waals surface area contributed by atoms with Crippen LogP contribution in [0.15, 0.2) is 18.2 Å². The predicted octanol–water partition coefficient (Wildman–Crippen LogP) is 3.60. The van der Waals surface area contributed by atoms with Gasteiger partial charge in [0.25, 0.3) is 0 Å². The minimum atomic E-state index is -4.59. The molecule has 0 saturated heterocycles. The fraction of sp³-hybridized carbons (Fsp3) is 0.300. The van der Waals surface area contributed by atoms with Crippen LogP contribution in [0.2, 0.25) is 0 Å². The smallest absolute Gasteiger partial charge is 0.312 e. The average molecular weight is 219 g/mol. The van der Waals surface area contributed by atoms with Gasteiger partial charge in [0.2, 0.25) is 0 Å². The maximum absolute atomic E-state index is 12.7. The van der Waals surface area contributed by atoms with Crippen molar-refractivity contribution in [3.8, 4) is 0 Å². The van der Waals surface area contributed by atoms with Crippen LogP contribution >= 0.6 is 0 Å². The van der Waals surface area contributed by atoms with Crippen molar-refractivity contribution in [2.45, 2.75) is 19.0 Å². The summed E-state index contributed by atoms with van der Waals surface area (Å²) < 4.78 is 50.1. The first-order valence-electron chi connectivity index (χ1n) is 4.23. The summed E-state index contributed by atoms with van der Waals surface area (Å²) in [4.78, 5) is 0. The van der Waals surface area contributed by atoms with E-state index in [1.165, 1.54) is 6.92 Å². The van der Waals surface area contributed by atoms with E-state index in [1.807, 2.05) is 0 Å². The predicted molar refractivity (Wildman–Crippen MR) is 48.6 cm³/mol. The van der Waals surface area contributed by atoms with Crippen molar-refractivity contribution in [1.82, 2.24) is 0 Å². The number of benzene rings is 1. The summed E-state index contributed by atoms with van der Waals surface area (Å²) >= 11 is 0. The van der Waals surface area contributed by atoms with Crippen LogP contribution in [0.3, 0.4) is 0 Å². The van der Waals surface area contributed by atoms with E-state index < -0.39 is 23.5 Å². The molecule has 1 aromatic rings. The van der Waals surface area contributed by atoms with Gasteiger partial charge in [-0.25, -0.2) is 4.39 Å². The second-order valence-corrected chi connectivity index (χ2v) is 3.18. The highest BCUT2D eigenvalue weighted by Gasteiger charge is 2.34. The van der Waals surface area contributed by atoms with Gasteiger partial charge in [-0.2, -0.15) is 13.2 Å². The van der Waals surface area contributed by atoms with Crippen LogP contribution in [0.4, 0.5) is 17.6 Å². The van der Waals surface area contributed by atoms with Crippen molar-refractivity contribution in [3.63, 3.8) is 0 Å². The van der Waals surface area contributed by atoms with Gasteiger partial charge < -0.3 is 5.41 Å². The van der Waals surface area contributed by atoms with Crippen LogP contribution in [0.1, 0.15) is 24.0 Å². The van der Waals surface area contributed by atoms with Crippen LogP contribution < -0.4 is 0 Å². The highest BCUT2D eigenvalue weighted by molar-refractivity contribution is 5.65. The molecule has 0 fully saturated rings. The van der Waals surface area contributed by atoms with Crippen LogP contribution in [-0.4, -0.2) is 6.21 Å². The number of alkyl halides is 3. The third-order valence-electron chi connectivity index (χ3n) is 2.06. The molecular weight excluding hydrogens is 210 g/mol. The number of nitrogens with one attached hydrogen (secondary N) is 1. The standard InChI is InChI=1S/C10H9F4N/c1-6(5-15)8-3-2-7(11)4-9(8)10(12,13)14/h2-6,15H,1H3. The topological polar surface area (TPSA) is 23.9 Å². The van der Waals surface area contributed by atoms with Gasteiger partial charge in [-0.1, -0.05) is 13.0 Å². The van der Waals surface area contributed by atoms with Crippen molar-refractivity contribution in [1.29, 1.82) is 5.41 Å². The Bertz CT molecular complexity index is 370. The monoisotopic (exact) mass is 219 g/mol. The molecule has 1 nitrogen and oxygen atoms in total. The largest absolute Gasteiger partial charge is 0.416 e. The molecule has 0 saturated carbocycles. The highest BCUT2D eigenvalue weighted by Crippen LogP contribution is 2.35. The third-order valence-corrected chi connectivity index (χ3v) is 2.06. The Balaban J connectivity index is 3.33. The first-order chi connectivity index (χ1) is 6.86. The summed E-state index contributed by atoms with van der Waals surface area (Å²) in [6.07, 6.45) is -3.70. The molecule has 0 heterocycles. The van der Waals surface area contributed by atoms with Crippen LogP contribution in [-0.2, 0) is 6.18 Å². The summed E-state index contributed by atoms with van der Waals surface area (Å²) in [5.74, 6) is -1.61. The molecule has 0 radical (unpaired) electrons. The van der Waals surface area contributed by atoms with Gasteiger partial charge in [-0.05, 0) is 17.7 Å². The lowest BCUT2D eigenvalue weighted by molar-refractivity contribution is -0.138. The van der Waals surface area contributed by atoms with Crippen molar-refractivity contribution < 1.29 is 17.6 Å². The lowest BCUT2D eigenvalue weighted by atomic mass is 9.96. The van der Waals surface area contributed by atoms with Gasteiger partial charge in [0.05, 0.1) is 5.56 Å². The lowest BCUT2D eigenvalue weighted by Crippen LogP contribution is -2.12. The van der Waals surface area contributed by atoms with Gasteiger partial charge in [-0.15, -0.1) is 0 Å². The Morgan fingerprint density at radius 1 is 1.33 bits per heavy atom. The molecular formula is C10H9F4N. The van der Waals surface area contributed by atoms with E-state index in [1.54, 1.807) is 0 Å². The fourth-order valence-electron chi connectivity index (χ4n) is 1.26. The maximum Gasteiger partial charge on any atom is 0.416 e. The molecule has 1 rings (SSSR count). The van der Waals surface area contributed by atoms with E-state index >= 15 is 0 Å². The molecule has 0 spiro atoms. The van der Waals surface area contributed by atoms with E-state index in [0.29, 0.717) is 6.07 Å². The minimum absolute atomic E-state index is 0.0844. The first-order valence-corrected chi connectivity index (χ1v) is 4.23. The Morgan fingerprint density at radius 2 is 1.93 bits per heavy atom. The zero-order valence-electron chi connectivity index (χ0n) is 7.90. The van der Waals surface area contributed by atoms with Crippen molar-refractivity contribution >= 4 is 6.21 Å². The average Bonchev–Trinajstić information content (AvgIpc) is 2.15. The quantitative estimate of drug-likeness (QED) is 0.580. The molecule has 0 aromatic heterocycles. The Hall–Kier alpha value is -1.39. The summed E-state index contributed by atoms with van der Waals surface area (Å²) in [5.41, 5.74) is -1.10. The number of rotatable bonds is 2. The number of hydrogen-bond donors (Lipinski definition) is 1. The van der Waals surface area contributed by atoms with E-state index in [4.69, 9.17) is 5.41 Å². The van der Waals surface area contributed by atoms with Gasteiger partial charge in [0, 0.05) is 12.1 Å². The zero-order chi connectivity index (χ0) is 11.6. The second kappa shape index (κ2) is 4.00. The summed E-state index contributed by atoms with van der Waals surface area (Å²) in [5, 5.41) is 6.91. The van der Waals surface area contributed by atoms with E-state index in [9.17, 15) is 17.6 Å². The van der Waals surface area contributed by atoms with E-state index in [0.717, 1.165) is 18.3 Å². The molecule has 1 atom stereocenters. The van der Waals surface area contributed by atoms with Crippen LogP contribution in [0.5, 0.6) is 0 Å². The third kappa shape index (κ3) is 2.55. The molecule has 0 bridgehead atoms. The Morgan fingerprint density at radius 3 is 2.40 bits per heavy atom. The van der Waals surface area contributed by atoms with Gasteiger partial charge >= 0.3 is 6.18 Å². The minimum Gasteiger partial charge on any atom is -0.312 e. The first kappa shape index (κ1) is 11.7. The van der Waals surface area contributed by atoms with Gasteiger partial charge in [0.1, 0.15) is 5.82 Å². The van der Waals surface area contributed by atoms with Crippen molar-refractivity contribution in [2.24, 2.45) is 0 Å². The SMILES string of the molecule is CC(C=N)c1ccc(F)cc1C(F)(F)F. The second-order valence-electron chi connectivity index (χ2n) is 3.18. The molecule has 0 aliphatic rings. The Labute approximate surface area is 84.2 Å². The molecule has 15 heavy (non-hydrogen) atoms. The molecule has 82 valence electrons. The fourth-order valence-corrected chi connectivity index (χ4v) is 1.26. The highest BCUT2D eigenvalue weighted by atomic mass is 19.4. The number of hydrogen-bond acceptors (Lipinski definition) is 1. The van der Waals surface area contributed by atoms with Gasteiger partial charge in [0.15, 0.2) is 0 Å². The maximum atomic E-state index is 12.7. The molecule has 1 N–H and O–H groups in total. The normalized spacial score (nSPS) is 13.7. The van der Waals surface area contributed by atoms with Crippen molar-refractivity contribution in [2.75, 3.05) is 0 Å². The van der Waals surface area contributed by atoms with E-state index in [-0.39, 0.29) is 5.56 Å². The van der Waals surface area contributed by atoms with Crippen LogP contribution in [0.25, 0.3) is 0 Å². The van der Waals surface area contributed by atoms with Crippen LogP contribution in [0, 0.1) is 11.2 Å². The molecule has 0 aliphatic carbocycles. The molecule has 1 aromatic carbocycles. The summed E-state index contributed by atoms with van der Waals surface area (Å²) in [7, 11) is 0.